The van der Waals surface area contributed by atoms with Crippen molar-refractivity contribution in [1.82, 2.24) is 0 Å². The Labute approximate surface area is 119 Å². The number of rotatable bonds is 3. The van der Waals surface area contributed by atoms with Gasteiger partial charge in [0.1, 0.15) is 5.69 Å². The molecule has 0 aromatic heterocycles. The number of nitro benzene ring substituents is 1. The van der Waals surface area contributed by atoms with Gasteiger partial charge in [0.15, 0.2) is 0 Å². The van der Waals surface area contributed by atoms with Crippen molar-refractivity contribution in [2.45, 2.75) is 25.3 Å². The molecule has 1 aromatic rings. The Hall–Kier alpha value is -1.10. The van der Waals surface area contributed by atoms with Gasteiger partial charge in [-0.15, -0.1) is 0 Å². The van der Waals surface area contributed by atoms with E-state index in [-0.39, 0.29) is 10.6 Å². The van der Waals surface area contributed by atoms with E-state index in [1.165, 1.54) is 19.3 Å². The fourth-order valence-corrected chi connectivity index (χ4v) is 4.82. The Bertz CT molecular complexity index is 546. The van der Waals surface area contributed by atoms with Crippen LogP contribution in [0.3, 0.4) is 0 Å². The summed E-state index contributed by atoms with van der Waals surface area (Å²) in [6, 6.07) is 5.74. The first-order valence-corrected chi connectivity index (χ1v) is 7.65. The number of anilines is 1. The van der Waals surface area contributed by atoms with Crippen molar-refractivity contribution in [3.63, 3.8) is 0 Å². The van der Waals surface area contributed by atoms with Crippen LogP contribution in [0.5, 0.6) is 0 Å². The predicted molar refractivity (Wildman–Crippen MR) is 76.0 cm³/mol. The third kappa shape index (κ3) is 1.71. The maximum Gasteiger partial charge on any atom is 0.293 e. The second-order valence-electron chi connectivity index (χ2n) is 6.08. The van der Waals surface area contributed by atoms with E-state index in [0.717, 1.165) is 28.1 Å². The van der Waals surface area contributed by atoms with Gasteiger partial charge in [0.2, 0.25) is 0 Å². The molecule has 0 radical (unpaired) electrons. The highest BCUT2D eigenvalue weighted by Crippen LogP contribution is 2.66. The van der Waals surface area contributed by atoms with Crippen LogP contribution in [0.4, 0.5) is 11.4 Å². The van der Waals surface area contributed by atoms with E-state index in [2.05, 4.69) is 21.2 Å². The predicted octanol–water partition coefficient (Wildman–Crippen LogP) is 3.81. The minimum absolute atomic E-state index is 0.173. The first-order chi connectivity index (χ1) is 9.15. The van der Waals surface area contributed by atoms with Crippen molar-refractivity contribution in [3.8, 4) is 0 Å². The molecule has 0 heterocycles. The van der Waals surface area contributed by atoms with E-state index >= 15 is 0 Å². The van der Waals surface area contributed by atoms with Gasteiger partial charge in [0.25, 0.3) is 5.69 Å². The highest BCUT2D eigenvalue weighted by atomic mass is 79.9. The van der Waals surface area contributed by atoms with Crippen LogP contribution in [-0.2, 0) is 0 Å². The van der Waals surface area contributed by atoms with Gasteiger partial charge in [0.05, 0.1) is 4.92 Å². The van der Waals surface area contributed by atoms with Crippen molar-refractivity contribution in [2.75, 3.05) is 5.32 Å². The number of nitro groups is 1. The van der Waals surface area contributed by atoms with Crippen LogP contribution in [0, 0.1) is 33.8 Å². The third-order valence-corrected chi connectivity index (χ3v) is 5.71. The molecule has 1 aromatic carbocycles. The Kier molecular flexibility index (Phi) is 2.43. The molecule has 100 valence electrons. The average molecular weight is 323 g/mol. The maximum absolute atomic E-state index is 11.1. The fourth-order valence-electron chi connectivity index (χ4n) is 4.48. The molecule has 3 aliphatic carbocycles. The minimum atomic E-state index is -0.306. The van der Waals surface area contributed by atoms with Crippen LogP contribution in [-0.4, -0.2) is 11.0 Å². The molecule has 0 amide bonds. The van der Waals surface area contributed by atoms with E-state index in [4.69, 9.17) is 0 Å². The Morgan fingerprint density at radius 2 is 1.95 bits per heavy atom. The number of benzene rings is 1. The van der Waals surface area contributed by atoms with Gasteiger partial charge in [-0.3, -0.25) is 10.1 Å². The first-order valence-electron chi connectivity index (χ1n) is 6.85. The number of hydrogen-bond donors (Lipinski definition) is 1. The molecule has 1 N–H and O–H groups in total. The van der Waals surface area contributed by atoms with E-state index in [0.29, 0.717) is 11.7 Å². The van der Waals surface area contributed by atoms with Gasteiger partial charge in [-0.05, 0) is 55.1 Å². The van der Waals surface area contributed by atoms with Gasteiger partial charge in [-0.25, -0.2) is 0 Å². The molecule has 0 spiro atoms. The van der Waals surface area contributed by atoms with E-state index in [9.17, 15) is 10.1 Å². The normalized spacial score (nSPS) is 38.1. The largest absolute Gasteiger partial charge is 0.376 e. The summed E-state index contributed by atoms with van der Waals surface area (Å²) in [5.74, 6) is 3.31. The molecule has 3 aliphatic rings. The molecular weight excluding hydrogens is 308 g/mol. The van der Waals surface area contributed by atoms with Crippen LogP contribution in [0.25, 0.3) is 0 Å². The van der Waals surface area contributed by atoms with E-state index in [1.54, 1.807) is 6.07 Å². The lowest BCUT2D eigenvalue weighted by Gasteiger charge is -2.12. The maximum atomic E-state index is 11.1. The second kappa shape index (κ2) is 3.95. The average Bonchev–Trinajstić information content (AvgIpc) is 2.79. The third-order valence-electron chi connectivity index (χ3n) is 5.21. The van der Waals surface area contributed by atoms with Gasteiger partial charge >= 0.3 is 0 Å². The van der Waals surface area contributed by atoms with Crippen molar-refractivity contribution in [2.24, 2.45) is 23.7 Å². The smallest absolute Gasteiger partial charge is 0.293 e. The van der Waals surface area contributed by atoms with Gasteiger partial charge in [-0.2, -0.15) is 0 Å². The van der Waals surface area contributed by atoms with Crippen molar-refractivity contribution in [3.05, 3.63) is 32.8 Å². The van der Waals surface area contributed by atoms with Crippen molar-refractivity contribution < 1.29 is 4.92 Å². The number of fused-ring (bicyclic) bond motifs is 5. The molecule has 4 nitrogen and oxygen atoms in total. The van der Waals surface area contributed by atoms with Crippen LogP contribution in [0.2, 0.25) is 0 Å². The molecule has 3 saturated carbocycles. The monoisotopic (exact) mass is 322 g/mol. The topological polar surface area (TPSA) is 55.2 Å². The molecule has 2 bridgehead atoms. The zero-order valence-corrected chi connectivity index (χ0v) is 12.0. The van der Waals surface area contributed by atoms with E-state index < -0.39 is 0 Å². The quantitative estimate of drug-likeness (QED) is 0.680. The molecule has 0 saturated heterocycles. The zero-order valence-electron chi connectivity index (χ0n) is 10.4. The lowest BCUT2D eigenvalue weighted by molar-refractivity contribution is -0.384. The van der Waals surface area contributed by atoms with Gasteiger partial charge in [0, 0.05) is 16.6 Å². The summed E-state index contributed by atoms with van der Waals surface area (Å²) >= 11 is 3.29. The first kappa shape index (κ1) is 11.7. The summed E-state index contributed by atoms with van der Waals surface area (Å²) in [6.07, 6.45) is 4.13. The summed E-state index contributed by atoms with van der Waals surface area (Å²) < 4.78 is 0.751. The van der Waals surface area contributed by atoms with Crippen LogP contribution >= 0.6 is 15.9 Å². The summed E-state index contributed by atoms with van der Waals surface area (Å²) in [4.78, 5) is 10.8. The van der Waals surface area contributed by atoms with Gasteiger partial charge < -0.3 is 5.32 Å². The highest BCUT2D eigenvalue weighted by molar-refractivity contribution is 9.10. The van der Waals surface area contributed by atoms with E-state index in [1.807, 2.05) is 12.1 Å². The number of hydrogen-bond acceptors (Lipinski definition) is 3. The lowest BCUT2D eigenvalue weighted by atomic mass is 10.0. The summed E-state index contributed by atoms with van der Waals surface area (Å²) in [7, 11) is 0. The van der Waals surface area contributed by atoms with Crippen LogP contribution in [0.1, 0.15) is 19.3 Å². The molecule has 19 heavy (non-hydrogen) atoms. The zero-order chi connectivity index (χ0) is 13.1. The molecule has 4 atom stereocenters. The molecule has 4 unspecified atom stereocenters. The highest BCUT2D eigenvalue weighted by Gasteiger charge is 2.65. The number of nitrogens with zero attached hydrogens (tertiary/aromatic N) is 1. The lowest BCUT2D eigenvalue weighted by Crippen LogP contribution is -2.13. The molecule has 4 rings (SSSR count). The molecule has 3 fully saturated rings. The van der Waals surface area contributed by atoms with Gasteiger partial charge in [-0.1, -0.05) is 15.9 Å². The molecule has 5 heteroatoms. The Balaban J connectivity index is 1.57. The van der Waals surface area contributed by atoms with Crippen molar-refractivity contribution in [1.29, 1.82) is 0 Å². The fraction of sp³-hybridized carbons (Fsp3) is 0.571. The molecule has 0 aliphatic heterocycles. The minimum Gasteiger partial charge on any atom is -0.376 e. The van der Waals surface area contributed by atoms with Crippen LogP contribution < -0.4 is 5.32 Å². The Morgan fingerprint density at radius 3 is 2.58 bits per heavy atom. The summed E-state index contributed by atoms with van der Waals surface area (Å²) in [5, 5.41) is 14.5. The summed E-state index contributed by atoms with van der Waals surface area (Å²) in [5.41, 5.74) is 0.846. The second-order valence-corrected chi connectivity index (χ2v) is 6.99. The number of halogens is 1. The number of nitrogens with one attached hydrogen (secondary N) is 1. The Morgan fingerprint density at radius 1 is 1.26 bits per heavy atom. The standard InChI is InChI=1S/C14H15BrN2O2/c15-9-3-4-10(11(6-9)17(18)19)16-14-12-7-1-2-8(5-7)13(12)14/h3-4,6-8,12-14,16H,1-2,5H2. The molecular formula is C14H15BrN2O2. The van der Waals surface area contributed by atoms with Crippen molar-refractivity contribution >= 4 is 27.3 Å². The van der Waals surface area contributed by atoms with Crippen LogP contribution in [0.15, 0.2) is 22.7 Å². The summed E-state index contributed by atoms with van der Waals surface area (Å²) in [6.45, 7) is 0. The SMILES string of the molecule is O=[N+]([O-])c1cc(Br)ccc1NC1C2C3CCC(C3)C12.